The van der Waals surface area contributed by atoms with E-state index in [-0.39, 0.29) is 12.0 Å². The molecule has 0 saturated carbocycles. The van der Waals surface area contributed by atoms with Gasteiger partial charge in [0.05, 0.1) is 12.7 Å². The minimum atomic E-state index is -0.364. The highest BCUT2D eigenvalue weighted by Crippen LogP contribution is 2.36. The summed E-state index contributed by atoms with van der Waals surface area (Å²) < 4.78 is 5.59. The van der Waals surface area contributed by atoms with E-state index in [1.165, 1.54) is 4.88 Å². The molecule has 3 heteroatoms. The number of hydrogen-bond donors (Lipinski definition) is 1. The van der Waals surface area contributed by atoms with Gasteiger partial charge in [-0.2, -0.15) is 0 Å². The van der Waals surface area contributed by atoms with E-state index in [0.29, 0.717) is 13.0 Å². The summed E-state index contributed by atoms with van der Waals surface area (Å²) in [5.74, 6) is 1.02. The van der Waals surface area contributed by atoms with Gasteiger partial charge in [-0.05, 0) is 17.5 Å². The molecule has 0 radical (unpaired) electrons. The van der Waals surface area contributed by atoms with Gasteiger partial charge in [-0.3, -0.25) is 0 Å². The minimum Gasteiger partial charge on any atom is -0.493 e. The maximum Gasteiger partial charge on any atom is 0.123 e. The molecule has 2 aromatic rings. The summed E-state index contributed by atoms with van der Waals surface area (Å²) in [6.07, 6.45) is 0.345. The van der Waals surface area contributed by atoms with Crippen molar-refractivity contribution in [3.63, 3.8) is 0 Å². The number of hydrogen-bond acceptors (Lipinski definition) is 3. The highest BCUT2D eigenvalue weighted by atomic mass is 32.1. The zero-order chi connectivity index (χ0) is 11.7. The highest BCUT2D eigenvalue weighted by molar-refractivity contribution is 7.09. The van der Waals surface area contributed by atoms with Gasteiger partial charge in [-0.15, -0.1) is 11.3 Å². The van der Waals surface area contributed by atoms with Gasteiger partial charge in [0.1, 0.15) is 5.75 Å². The molecule has 1 aliphatic rings. The number of aliphatic hydroxyl groups is 1. The quantitative estimate of drug-likeness (QED) is 0.902. The molecule has 0 spiro atoms. The Labute approximate surface area is 104 Å². The lowest BCUT2D eigenvalue weighted by Crippen LogP contribution is -2.21. The van der Waals surface area contributed by atoms with Crippen molar-refractivity contribution in [2.24, 2.45) is 0 Å². The first-order chi connectivity index (χ1) is 8.34. The predicted molar refractivity (Wildman–Crippen MR) is 68.7 cm³/mol. The van der Waals surface area contributed by atoms with Crippen LogP contribution in [0, 0.1) is 0 Å². The predicted octanol–water partition coefficient (Wildman–Crippen LogP) is 2.83. The van der Waals surface area contributed by atoms with Crippen molar-refractivity contribution in [2.45, 2.75) is 18.4 Å². The molecular weight excluding hydrogens is 232 g/mol. The standard InChI is InChI=1S/C14H14O2S/c15-13(8-10-4-3-7-17-10)12-9-16-14-6-2-1-5-11(12)14/h1-7,12-13,15H,8-9H2. The summed E-state index contributed by atoms with van der Waals surface area (Å²) in [4.78, 5) is 1.22. The molecule has 2 nitrogen and oxygen atoms in total. The first kappa shape index (κ1) is 10.8. The van der Waals surface area contributed by atoms with Gasteiger partial charge in [0.15, 0.2) is 0 Å². The third-order valence-corrected chi connectivity index (χ3v) is 4.09. The Morgan fingerprint density at radius 3 is 3.00 bits per heavy atom. The van der Waals surface area contributed by atoms with Gasteiger partial charge < -0.3 is 9.84 Å². The Balaban J connectivity index is 1.78. The number of benzene rings is 1. The van der Waals surface area contributed by atoms with Crippen LogP contribution in [0.3, 0.4) is 0 Å². The monoisotopic (exact) mass is 246 g/mol. The van der Waals surface area contributed by atoms with Gasteiger partial charge in [-0.1, -0.05) is 24.3 Å². The van der Waals surface area contributed by atoms with E-state index < -0.39 is 0 Å². The van der Waals surface area contributed by atoms with Crippen molar-refractivity contribution >= 4 is 11.3 Å². The van der Waals surface area contributed by atoms with Crippen molar-refractivity contribution in [1.29, 1.82) is 0 Å². The fourth-order valence-corrected chi connectivity index (χ4v) is 3.04. The number of aliphatic hydroxyl groups excluding tert-OH is 1. The molecule has 1 N–H and O–H groups in total. The Kier molecular flexibility index (Phi) is 2.87. The van der Waals surface area contributed by atoms with E-state index in [1.54, 1.807) is 11.3 Å². The largest absolute Gasteiger partial charge is 0.493 e. The summed E-state index contributed by atoms with van der Waals surface area (Å²) >= 11 is 1.69. The van der Waals surface area contributed by atoms with Gasteiger partial charge in [-0.25, -0.2) is 0 Å². The number of rotatable bonds is 3. The van der Waals surface area contributed by atoms with Gasteiger partial charge in [0.25, 0.3) is 0 Å². The topological polar surface area (TPSA) is 29.5 Å². The molecule has 0 aliphatic carbocycles. The van der Waals surface area contributed by atoms with Crippen molar-refractivity contribution in [3.8, 4) is 5.75 Å². The molecule has 88 valence electrons. The molecule has 0 saturated heterocycles. The Morgan fingerprint density at radius 1 is 1.29 bits per heavy atom. The summed E-state index contributed by atoms with van der Waals surface area (Å²) in [5, 5.41) is 12.3. The summed E-state index contributed by atoms with van der Waals surface area (Å²) in [6, 6.07) is 12.1. The number of ether oxygens (including phenoxy) is 1. The van der Waals surface area contributed by atoms with Crippen molar-refractivity contribution in [3.05, 3.63) is 52.2 Å². The smallest absolute Gasteiger partial charge is 0.123 e. The van der Waals surface area contributed by atoms with Crippen molar-refractivity contribution in [2.75, 3.05) is 6.61 Å². The van der Waals surface area contributed by atoms with Crippen LogP contribution in [0.5, 0.6) is 5.75 Å². The molecule has 1 aromatic heterocycles. The van der Waals surface area contributed by atoms with Crippen LogP contribution in [-0.4, -0.2) is 17.8 Å². The number of thiophene rings is 1. The second kappa shape index (κ2) is 4.51. The van der Waals surface area contributed by atoms with Gasteiger partial charge in [0.2, 0.25) is 0 Å². The summed E-state index contributed by atoms with van der Waals surface area (Å²) in [7, 11) is 0. The summed E-state index contributed by atoms with van der Waals surface area (Å²) in [6.45, 7) is 0.589. The fraction of sp³-hybridized carbons (Fsp3) is 0.286. The number of fused-ring (bicyclic) bond motifs is 1. The minimum absolute atomic E-state index is 0.105. The highest BCUT2D eigenvalue weighted by Gasteiger charge is 2.30. The van der Waals surface area contributed by atoms with Crippen LogP contribution in [-0.2, 0) is 6.42 Å². The SMILES string of the molecule is OC(Cc1cccs1)C1COc2ccccc21. The fourth-order valence-electron chi connectivity index (χ4n) is 2.28. The van der Waals surface area contributed by atoms with Gasteiger partial charge >= 0.3 is 0 Å². The molecule has 0 fully saturated rings. The second-order valence-corrected chi connectivity index (χ2v) is 5.34. The van der Waals surface area contributed by atoms with Crippen molar-refractivity contribution < 1.29 is 9.84 Å². The van der Waals surface area contributed by atoms with Crippen LogP contribution in [0.25, 0.3) is 0 Å². The van der Waals surface area contributed by atoms with E-state index >= 15 is 0 Å². The molecular formula is C14H14O2S. The maximum atomic E-state index is 10.3. The lowest BCUT2D eigenvalue weighted by Gasteiger charge is -2.16. The molecule has 17 heavy (non-hydrogen) atoms. The Bertz CT molecular complexity index is 493. The van der Waals surface area contributed by atoms with Crippen LogP contribution in [0.15, 0.2) is 41.8 Å². The average molecular weight is 246 g/mol. The first-order valence-electron chi connectivity index (χ1n) is 5.77. The van der Waals surface area contributed by atoms with Crippen molar-refractivity contribution in [1.82, 2.24) is 0 Å². The third-order valence-electron chi connectivity index (χ3n) is 3.19. The third kappa shape index (κ3) is 2.08. The Hall–Kier alpha value is -1.32. The second-order valence-electron chi connectivity index (χ2n) is 4.31. The maximum absolute atomic E-state index is 10.3. The average Bonchev–Trinajstić information content (AvgIpc) is 2.96. The van der Waals surface area contributed by atoms with E-state index in [1.807, 2.05) is 35.7 Å². The molecule has 2 atom stereocenters. The van der Waals surface area contributed by atoms with Crippen LogP contribution >= 0.6 is 11.3 Å². The van der Waals surface area contributed by atoms with E-state index in [9.17, 15) is 5.11 Å². The molecule has 2 heterocycles. The molecule has 0 bridgehead atoms. The molecule has 1 aromatic carbocycles. The number of para-hydroxylation sites is 1. The normalized spacial score (nSPS) is 19.7. The lowest BCUT2D eigenvalue weighted by atomic mass is 9.93. The van der Waals surface area contributed by atoms with E-state index in [2.05, 4.69) is 6.07 Å². The van der Waals surface area contributed by atoms with Crippen LogP contribution in [0.1, 0.15) is 16.4 Å². The summed E-state index contributed by atoms with van der Waals surface area (Å²) in [5.41, 5.74) is 1.14. The molecule has 3 rings (SSSR count). The van der Waals surface area contributed by atoms with Gasteiger partial charge in [0, 0.05) is 22.8 Å². The zero-order valence-electron chi connectivity index (χ0n) is 9.37. The molecule has 1 aliphatic heterocycles. The Morgan fingerprint density at radius 2 is 2.18 bits per heavy atom. The molecule has 2 unspecified atom stereocenters. The van der Waals surface area contributed by atoms with Crippen LogP contribution in [0.2, 0.25) is 0 Å². The zero-order valence-corrected chi connectivity index (χ0v) is 10.2. The van der Waals surface area contributed by atoms with Crippen LogP contribution in [0.4, 0.5) is 0 Å². The molecule has 0 amide bonds. The lowest BCUT2D eigenvalue weighted by molar-refractivity contribution is 0.130. The van der Waals surface area contributed by atoms with E-state index in [0.717, 1.165) is 11.3 Å². The first-order valence-corrected chi connectivity index (χ1v) is 6.65. The van der Waals surface area contributed by atoms with E-state index in [4.69, 9.17) is 4.74 Å². The van der Waals surface area contributed by atoms with Crippen LogP contribution < -0.4 is 4.74 Å².